The van der Waals surface area contributed by atoms with E-state index >= 15 is 0 Å². The fourth-order valence-corrected chi connectivity index (χ4v) is 4.65. The van der Waals surface area contributed by atoms with Crippen molar-refractivity contribution in [3.05, 3.63) is 71.3 Å². The molecule has 2 aromatic carbocycles. The second-order valence-electron chi connectivity index (χ2n) is 9.14. The molecular formula is C26H26FN7O3. The minimum absolute atomic E-state index is 0.00767. The van der Waals surface area contributed by atoms with Gasteiger partial charge in [-0.2, -0.15) is 5.10 Å². The molecule has 0 unspecified atom stereocenters. The van der Waals surface area contributed by atoms with Gasteiger partial charge in [0.2, 0.25) is 0 Å². The van der Waals surface area contributed by atoms with E-state index in [-0.39, 0.29) is 24.0 Å². The van der Waals surface area contributed by atoms with Crippen molar-refractivity contribution < 1.29 is 19.1 Å². The standard InChI is InChI=1S/C26H26FN7O3/c1-15-4-9-20(27)19(11-15)25(35)29-12-16-5-7-17(8-6-16)22-21-23(28)30-14-31-24(21)34(32-22)18-3-2-10-33(13-18)26(36)37/h4-9,11,14,18H,2-3,10,12-13H2,1H3,(H,29,35)(H,36,37)(H2,28,30,31)/t18-/m1/s1. The van der Waals surface area contributed by atoms with Crippen molar-refractivity contribution in [3.8, 4) is 11.3 Å². The van der Waals surface area contributed by atoms with Crippen LogP contribution in [0.2, 0.25) is 0 Å². The van der Waals surface area contributed by atoms with E-state index in [1.165, 1.54) is 23.4 Å². The van der Waals surface area contributed by atoms with Crippen LogP contribution >= 0.6 is 0 Å². The number of carbonyl (C=O) groups is 2. The van der Waals surface area contributed by atoms with Gasteiger partial charge in [-0.1, -0.05) is 35.9 Å². The molecule has 0 spiro atoms. The predicted molar refractivity (Wildman–Crippen MR) is 135 cm³/mol. The Bertz CT molecular complexity index is 1490. The van der Waals surface area contributed by atoms with E-state index in [1.54, 1.807) is 17.7 Å². The zero-order chi connectivity index (χ0) is 26.1. The van der Waals surface area contributed by atoms with Gasteiger partial charge in [0.1, 0.15) is 23.7 Å². The minimum Gasteiger partial charge on any atom is -0.465 e. The fraction of sp³-hybridized carbons (Fsp3) is 0.269. The number of amides is 2. The summed E-state index contributed by atoms with van der Waals surface area (Å²) in [5.74, 6) is -0.762. The molecule has 2 aromatic heterocycles. The largest absolute Gasteiger partial charge is 0.465 e. The van der Waals surface area contributed by atoms with Gasteiger partial charge < -0.3 is 21.1 Å². The van der Waals surface area contributed by atoms with Crippen LogP contribution in [0, 0.1) is 12.7 Å². The molecule has 0 saturated carbocycles. The number of carbonyl (C=O) groups excluding carboxylic acids is 1. The van der Waals surface area contributed by atoms with Crippen LogP contribution in [-0.2, 0) is 6.54 Å². The lowest BCUT2D eigenvalue weighted by Gasteiger charge is -2.30. The highest BCUT2D eigenvalue weighted by atomic mass is 19.1. The second kappa shape index (κ2) is 9.84. The third-order valence-corrected chi connectivity index (χ3v) is 6.58. The number of anilines is 1. The van der Waals surface area contributed by atoms with E-state index in [9.17, 15) is 19.1 Å². The Morgan fingerprint density at radius 2 is 1.97 bits per heavy atom. The minimum atomic E-state index is -0.955. The number of likely N-dealkylation sites (tertiary alicyclic amines) is 1. The van der Waals surface area contributed by atoms with Gasteiger partial charge in [0.25, 0.3) is 5.91 Å². The molecule has 1 aliphatic rings. The number of nitrogens with two attached hydrogens (primary N) is 1. The van der Waals surface area contributed by atoms with Crippen molar-refractivity contribution in [2.45, 2.75) is 32.4 Å². The lowest BCUT2D eigenvalue weighted by atomic mass is 10.1. The quantitative estimate of drug-likeness (QED) is 0.377. The number of benzene rings is 2. The first kappa shape index (κ1) is 24.2. The number of carboxylic acid groups (broad SMARTS) is 1. The van der Waals surface area contributed by atoms with Gasteiger partial charge in [-0.05, 0) is 37.5 Å². The summed E-state index contributed by atoms with van der Waals surface area (Å²) < 4.78 is 15.8. The summed E-state index contributed by atoms with van der Waals surface area (Å²) >= 11 is 0. The molecule has 1 saturated heterocycles. The normalized spacial score (nSPS) is 15.6. The molecule has 37 heavy (non-hydrogen) atoms. The summed E-state index contributed by atoms with van der Waals surface area (Å²) in [5.41, 5.74) is 9.77. The highest BCUT2D eigenvalue weighted by molar-refractivity contribution is 5.98. The molecule has 4 N–H and O–H groups in total. The van der Waals surface area contributed by atoms with Gasteiger partial charge in [0.15, 0.2) is 5.65 Å². The van der Waals surface area contributed by atoms with Crippen LogP contribution in [0.4, 0.5) is 15.0 Å². The average molecular weight is 504 g/mol. The fourth-order valence-electron chi connectivity index (χ4n) is 4.65. The van der Waals surface area contributed by atoms with Crippen molar-refractivity contribution in [2.24, 2.45) is 0 Å². The Morgan fingerprint density at radius 3 is 2.73 bits per heavy atom. The van der Waals surface area contributed by atoms with Gasteiger partial charge in [0, 0.05) is 25.2 Å². The van der Waals surface area contributed by atoms with Crippen molar-refractivity contribution in [3.63, 3.8) is 0 Å². The number of nitrogens with one attached hydrogen (secondary N) is 1. The smallest absolute Gasteiger partial charge is 0.407 e. The van der Waals surface area contributed by atoms with Crippen LogP contribution in [0.1, 0.15) is 40.4 Å². The molecule has 5 rings (SSSR count). The molecular weight excluding hydrogens is 477 g/mol. The van der Waals surface area contributed by atoms with Crippen LogP contribution in [0.5, 0.6) is 0 Å². The van der Waals surface area contributed by atoms with E-state index in [0.717, 1.165) is 29.5 Å². The number of nitrogens with zero attached hydrogens (tertiary/aromatic N) is 5. The molecule has 1 atom stereocenters. The maximum atomic E-state index is 14.0. The van der Waals surface area contributed by atoms with Gasteiger partial charge in [-0.25, -0.2) is 23.8 Å². The van der Waals surface area contributed by atoms with Gasteiger partial charge in [-0.3, -0.25) is 4.79 Å². The summed E-state index contributed by atoms with van der Waals surface area (Å²) in [4.78, 5) is 33.9. The van der Waals surface area contributed by atoms with Crippen LogP contribution in [0.25, 0.3) is 22.3 Å². The first-order chi connectivity index (χ1) is 17.8. The van der Waals surface area contributed by atoms with E-state index in [0.29, 0.717) is 29.8 Å². The number of piperidine rings is 1. The van der Waals surface area contributed by atoms with E-state index in [4.69, 9.17) is 10.8 Å². The van der Waals surface area contributed by atoms with Gasteiger partial charge in [0.05, 0.1) is 17.0 Å². The third kappa shape index (κ3) is 4.80. The summed E-state index contributed by atoms with van der Waals surface area (Å²) in [6.45, 7) is 2.83. The molecule has 2 amide bonds. The van der Waals surface area contributed by atoms with E-state index < -0.39 is 17.8 Å². The zero-order valence-electron chi connectivity index (χ0n) is 20.2. The van der Waals surface area contributed by atoms with Crippen LogP contribution < -0.4 is 11.1 Å². The molecule has 0 aliphatic carbocycles. The number of aryl methyl sites for hydroxylation is 1. The first-order valence-corrected chi connectivity index (χ1v) is 11.9. The molecule has 190 valence electrons. The Kier molecular flexibility index (Phi) is 6.43. The number of halogens is 1. The van der Waals surface area contributed by atoms with Crippen molar-refractivity contribution in [2.75, 3.05) is 18.8 Å². The molecule has 0 radical (unpaired) electrons. The Balaban J connectivity index is 1.39. The van der Waals surface area contributed by atoms with Crippen LogP contribution in [0.3, 0.4) is 0 Å². The number of nitrogen functional groups attached to an aromatic ring is 1. The molecule has 11 heteroatoms. The van der Waals surface area contributed by atoms with E-state index in [1.807, 2.05) is 24.3 Å². The highest BCUT2D eigenvalue weighted by Gasteiger charge is 2.28. The van der Waals surface area contributed by atoms with Crippen LogP contribution in [-0.4, -0.2) is 54.8 Å². The van der Waals surface area contributed by atoms with Crippen molar-refractivity contribution in [1.29, 1.82) is 0 Å². The first-order valence-electron chi connectivity index (χ1n) is 11.9. The Hall–Kier alpha value is -4.54. The Labute approximate surface area is 211 Å². The maximum absolute atomic E-state index is 14.0. The number of hydrogen-bond acceptors (Lipinski definition) is 6. The topological polar surface area (TPSA) is 139 Å². The molecule has 1 aliphatic heterocycles. The SMILES string of the molecule is Cc1ccc(F)c(C(=O)NCc2ccc(-c3nn([C@@H]4CCCN(C(=O)O)C4)c4ncnc(N)c34)cc2)c1. The number of rotatable bonds is 5. The lowest BCUT2D eigenvalue weighted by molar-refractivity contribution is 0.0946. The third-order valence-electron chi connectivity index (χ3n) is 6.58. The van der Waals surface area contributed by atoms with Gasteiger partial charge in [-0.15, -0.1) is 0 Å². The lowest BCUT2D eigenvalue weighted by Crippen LogP contribution is -2.40. The Morgan fingerprint density at radius 1 is 1.19 bits per heavy atom. The second-order valence-corrected chi connectivity index (χ2v) is 9.14. The number of fused-ring (bicyclic) bond motifs is 1. The summed E-state index contributed by atoms with van der Waals surface area (Å²) in [5, 5.41) is 17.6. The summed E-state index contributed by atoms with van der Waals surface area (Å²) in [6, 6.07) is 11.7. The molecule has 3 heterocycles. The molecule has 10 nitrogen and oxygen atoms in total. The number of hydrogen-bond donors (Lipinski definition) is 3. The van der Waals surface area contributed by atoms with Crippen molar-refractivity contribution >= 4 is 28.9 Å². The molecule has 0 bridgehead atoms. The highest BCUT2D eigenvalue weighted by Crippen LogP contribution is 2.33. The summed E-state index contributed by atoms with van der Waals surface area (Å²) in [7, 11) is 0. The van der Waals surface area contributed by atoms with Crippen LogP contribution in [0.15, 0.2) is 48.8 Å². The monoisotopic (exact) mass is 503 g/mol. The van der Waals surface area contributed by atoms with Crippen molar-refractivity contribution in [1.82, 2.24) is 30.0 Å². The summed E-state index contributed by atoms with van der Waals surface area (Å²) in [6.07, 6.45) is 1.91. The molecule has 4 aromatic rings. The number of aromatic nitrogens is 4. The van der Waals surface area contributed by atoms with E-state index in [2.05, 4.69) is 15.3 Å². The maximum Gasteiger partial charge on any atom is 0.407 e. The predicted octanol–water partition coefficient (Wildman–Crippen LogP) is 3.77. The average Bonchev–Trinajstić information content (AvgIpc) is 3.30. The molecule has 1 fully saturated rings. The zero-order valence-corrected chi connectivity index (χ0v) is 20.2. The van der Waals surface area contributed by atoms with Gasteiger partial charge >= 0.3 is 6.09 Å².